The van der Waals surface area contributed by atoms with E-state index in [-0.39, 0.29) is 18.1 Å². The second-order valence-corrected chi connectivity index (χ2v) is 7.63. The van der Waals surface area contributed by atoms with Gasteiger partial charge in [-0.2, -0.15) is 0 Å². The van der Waals surface area contributed by atoms with E-state index in [0.29, 0.717) is 16.8 Å². The van der Waals surface area contributed by atoms with Gasteiger partial charge in [-0.3, -0.25) is 15.0 Å². The Labute approximate surface area is 200 Å². The maximum absolute atomic E-state index is 15.4. The van der Waals surface area contributed by atoms with Gasteiger partial charge in [0.2, 0.25) is 0 Å². The number of carbonyl (C=O) groups excluding carboxylic acids is 1. The molecule has 35 heavy (non-hydrogen) atoms. The summed E-state index contributed by atoms with van der Waals surface area (Å²) in [5.74, 6) is -4.43. The van der Waals surface area contributed by atoms with E-state index in [1.807, 2.05) is 0 Å². The fraction of sp³-hybridized carbons (Fsp3) is 0.160. The largest absolute Gasteiger partial charge is 0.480 e. The van der Waals surface area contributed by atoms with E-state index in [1.165, 1.54) is 6.07 Å². The fourth-order valence-corrected chi connectivity index (χ4v) is 3.48. The predicted molar refractivity (Wildman–Crippen MR) is 126 cm³/mol. The number of nitrogens with two attached hydrogens (primary N) is 1. The minimum Gasteiger partial charge on any atom is -0.480 e. The molecule has 0 heterocycles. The lowest BCUT2D eigenvalue weighted by Gasteiger charge is -2.26. The Morgan fingerprint density at radius 1 is 1.09 bits per heavy atom. The van der Waals surface area contributed by atoms with E-state index in [0.717, 1.165) is 18.1 Å². The summed E-state index contributed by atoms with van der Waals surface area (Å²) in [5.41, 5.74) is 6.25. The van der Waals surface area contributed by atoms with Gasteiger partial charge in [-0.15, -0.1) is 0 Å². The first-order valence-corrected chi connectivity index (χ1v) is 10.5. The number of hydrogen-bond donors (Lipinski definition) is 4. The quantitative estimate of drug-likeness (QED) is 0.257. The molecule has 0 aliphatic carbocycles. The Morgan fingerprint density at radius 3 is 2.31 bits per heavy atom. The van der Waals surface area contributed by atoms with E-state index in [1.54, 1.807) is 54.6 Å². The molecule has 0 aliphatic rings. The molecule has 182 valence electrons. The van der Waals surface area contributed by atoms with Crippen molar-refractivity contribution in [1.82, 2.24) is 4.90 Å². The van der Waals surface area contributed by atoms with Gasteiger partial charge in [0.05, 0.1) is 11.3 Å². The van der Waals surface area contributed by atoms with E-state index in [9.17, 15) is 19.1 Å². The molecule has 1 unspecified atom stereocenters. The zero-order valence-corrected chi connectivity index (χ0v) is 18.8. The van der Waals surface area contributed by atoms with Crippen LogP contribution in [0.1, 0.15) is 22.8 Å². The number of carboxylic acid groups (broad SMARTS) is 1. The molecule has 0 fully saturated rings. The summed E-state index contributed by atoms with van der Waals surface area (Å²) in [4.78, 5) is 25.7. The molecule has 3 rings (SSSR count). The van der Waals surface area contributed by atoms with Crippen LogP contribution in [0.2, 0.25) is 0 Å². The van der Waals surface area contributed by atoms with Crippen LogP contribution in [-0.4, -0.2) is 41.4 Å². The molecular weight excluding hydrogens is 458 g/mol. The van der Waals surface area contributed by atoms with Gasteiger partial charge in [0.25, 0.3) is 5.91 Å². The third kappa shape index (κ3) is 6.18. The van der Waals surface area contributed by atoms with Gasteiger partial charge < -0.3 is 25.8 Å². The third-order valence-corrected chi connectivity index (χ3v) is 5.18. The van der Waals surface area contributed by atoms with E-state index < -0.39 is 41.7 Å². The molecular formula is C25H24F2N4O4. The SMILES string of the molecule is COC(C(=O)N(CC(=O)O)Cc1ccc(C(=N)N)cc1)c1c(F)ccc(Nc2ccccc2)c1F. The van der Waals surface area contributed by atoms with Crippen LogP contribution in [0, 0.1) is 17.0 Å². The molecule has 0 radical (unpaired) electrons. The molecule has 1 atom stereocenters. The molecule has 0 aliphatic heterocycles. The highest BCUT2D eigenvalue weighted by Crippen LogP contribution is 2.31. The van der Waals surface area contributed by atoms with Crippen molar-refractivity contribution in [3.63, 3.8) is 0 Å². The van der Waals surface area contributed by atoms with Crippen molar-refractivity contribution < 1.29 is 28.2 Å². The Morgan fingerprint density at radius 2 is 1.74 bits per heavy atom. The summed E-state index contributed by atoms with van der Waals surface area (Å²) in [7, 11) is 1.11. The number of carbonyl (C=O) groups is 2. The van der Waals surface area contributed by atoms with Crippen LogP contribution in [0.25, 0.3) is 0 Å². The van der Waals surface area contributed by atoms with Gasteiger partial charge >= 0.3 is 5.97 Å². The number of benzene rings is 3. The van der Waals surface area contributed by atoms with Crippen molar-refractivity contribution in [2.75, 3.05) is 19.0 Å². The van der Waals surface area contributed by atoms with Crippen molar-refractivity contribution in [2.24, 2.45) is 5.73 Å². The number of halogens is 2. The van der Waals surface area contributed by atoms with Crippen molar-refractivity contribution in [3.8, 4) is 0 Å². The average Bonchev–Trinajstić information content (AvgIpc) is 2.83. The number of para-hydroxylation sites is 1. The number of nitrogen functional groups attached to an aromatic ring is 1. The summed E-state index contributed by atoms with van der Waals surface area (Å²) in [6.07, 6.45) is -1.73. The van der Waals surface area contributed by atoms with Crippen molar-refractivity contribution >= 4 is 29.1 Å². The highest BCUT2D eigenvalue weighted by atomic mass is 19.1. The van der Waals surface area contributed by atoms with Gasteiger partial charge in [0.15, 0.2) is 11.9 Å². The summed E-state index contributed by atoms with van der Waals surface area (Å²) in [5, 5.41) is 19.6. The maximum atomic E-state index is 15.4. The summed E-state index contributed by atoms with van der Waals surface area (Å²) >= 11 is 0. The van der Waals surface area contributed by atoms with Crippen LogP contribution in [0.15, 0.2) is 66.7 Å². The number of amidine groups is 1. The van der Waals surface area contributed by atoms with Crippen LogP contribution in [0.5, 0.6) is 0 Å². The Hall–Kier alpha value is -4.31. The minimum atomic E-state index is -1.73. The van der Waals surface area contributed by atoms with Gasteiger partial charge in [0.1, 0.15) is 18.2 Å². The molecule has 8 nitrogen and oxygen atoms in total. The van der Waals surface area contributed by atoms with Gasteiger partial charge in [0, 0.05) is 24.9 Å². The lowest BCUT2D eigenvalue weighted by atomic mass is 10.0. The molecule has 0 aromatic heterocycles. The average molecular weight is 482 g/mol. The first-order chi connectivity index (χ1) is 16.7. The van der Waals surface area contributed by atoms with E-state index >= 15 is 4.39 Å². The number of rotatable bonds is 10. The molecule has 1 amide bonds. The van der Waals surface area contributed by atoms with Crippen LogP contribution < -0.4 is 11.1 Å². The molecule has 3 aromatic rings. The zero-order chi connectivity index (χ0) is 25.5. The molecule has 0 bridgehead atoms. The zero-order valence-electron chi connectivity index (χ0n) is 18.8. The third-order valence-electron chi connectivity index (χ3n) is 5.18. The topological polar surface area (TPSA) is 129 Å². The van der Waals surface area contributed by atoms with Crippen LogP contribution in [-0.2, 0) is 20.9 Å². The lowest BCUT2D eigenvalue weighted by Crippen LogP contribution is -2.39. The Balaban J connectivity index is 1.93. The number of aliphatic carboxylic acids is 1. The summed E-state index contributed by atoms with van der Waals surface area (Å²) in [6, 6.07) is 17.1. The number of methoxy groups -OCH3 is 1. The molecule has 0 saturated carbocycles. The number of nitrogens with zero attached hydrogens (tertiary/aromatic N) is 1. The summed E-state index contributed by atoms with van der Waals surface area (Å²) in [6.45, 7) is -0.896. The molecule has 10 heteroatoms. The molecule has 0 spiro atoms. The smallest absolute Gasteiger partial charge is 0.323 e. The Kier molecular flexibility index (Phi) is 8.11. The van der Waals surface area contributed by atoms with E-state index in [4.69, 9.17) is 15.9 Å². The van der Waals surface area contributed by atoms with Crippen molar-refractivity contribution in [3.05, 3.63) is 95.1 Å². The lowest BCUT2D eigenvalue weighted by molar-refractivity contribution is -0.150. The first-order valence-electron chi connectivity index (χ1n) is 10.5. The number of ether oxygens (including phenoxy) is 1. The Bertz CT molecular complexity index is 1220. The van der Waals surface area contributed by atoms with Crippen molar-refractivity contribution in [2.45, 2.75) is 12.6 Å². The number of anilines is 2. The highest BCUT2D eigenvalue weighted by molar-refractivity contribution is 5.94. The number of nitrogens with one attached hydrogen (secondary N) is 2. The van der Waals surface area contributed by atoms with Crippen molar-refractivity contribution in [1.29, 1.82) is 5.41 Å². The molecule has 3 aromatic carbocycles. The monoisotopic (exact) mass is 482 g/mol. The summed E-state index contributed by atoms with van der Waals surface area (Å²) < 4.78 is 35.3. The van der Waals surface area contributed by atoms with Crippen LogP contribution in [0.3, 0.4) is 0 Å². The second kappa shape index (κ2) is 11.2. The maximum Gasteiger partial charge on any atom is 0.323 e. The fourth-order valence-electron chi connectivity index (χ4n) is 3.48. The van der Waals surface area contributed by atoms with E-state index in [2.05, 4.69) is 5.32 Å². The second-order valence-electron chi connectivity index (χ2n) is 7.63. The number of amides is 1. The van der Waals surface area contributed by atoms with Gasteiger partial charge in [-0.25, -0.2) is 8.78 Å². The molecule has 0 saturated heterocycles. The highest BCUT2D eigenvalue weighted by Gasteiger charge is 2.33. The minimum absolute atomic E-state index is 0.0768. The number of hydrogen-bond acceptors (Lipinski definition) is 5. The molecule has 5 N–H and O–H groups in total. The normalized spacial score (nSPS) is 11.5. The predicted octanol–water partition coefficient (Wildman–Crippen LogP) is 3.79. The first kappa shape index (κ1) is 25.3. The standard InChI is InChI=1S/C25H24F2N4O4/c1-35-23(21-18(26)11-12-19(22(21)27)30-17-5-3-2-4-6-17)25(34)31(14-20(32)33)13-15-7-9-16(10-8-15)24(28)29/h2-12,23,30H,13-14H2,1H3,(H3,28,29)(H,32,33). The van der Waals surface area contributed by atoms with Crippen LogP contribution in [0.4, 0.5) is 20.2 Å². The van der Waals surface area contributed by atoms with Gasteiger partial charge in [-0.05, 0) is 29.8 Å². The number of carboxylic acids is 1. The van der Waals surface area contributed by atoms with Crippen LogP contribution >= 0.6 is 0 Å². The van der Waals surface area contributed by atoms with Gasteiger partial charge in [-0.1, -0.05) is 42.5 Å².